The Hall–Kier alpha value is -2.25. The third-order valence-electron chi connectivity index (χ3n) is 3.51. The van der Waals surface area contributed by atoms with E-state index in [9.17, 15) is 13.6 Å². The molecule has 21 heavy (non-hydrogen) atoms. The highest BCUT2D eigenvalue weighted by Crippen LogP contribution is 2.32. The number of aromatic carboxylic acids is 1. The van der Waals surface area contributed by atoms with Gasteiger partial charge in [0.05, 0.1) is 12.7 Å². The van der Waals surface area contributed by atoms with Gasteiger partial charge in [-0.25, -0.2) is 23.1 Å². The van der Waals surface area contributed by atoms with Crippen LogP contribution in [0.5, 0.6) is 0 Å². The molecule has 0 radical (unpaired) electrons. The first-order chi connectivity index (χ1) is 9.85. The van der Waals surface area contributed by atoms with Gasteiger partial charge in [-0.15, -0.1) is 0 Å². The van der Waals surface area contributed by atoms with E-state index in [0.29, 0.717) is 12.4 Å². The second kappa shape index (κ2) is 4.64. The van der Waals surface area contributed by atoms with Crippen molar-refractivity contribution in [2.45, 2.75) is 19.3 Å². The molecule has 6 nitrogen and oxygen atoms in total. The Kier molecular flexibility index (Phi) is 3.03. The largest absolute Gasteiger partial charge is 0.477 e. The highest BCUT2D eigenvalue weighted by molar-refractivity contribution is 5.94. The van der Waals surface area contributed by atoms with Gasteiger partial charge in [0, 0.05) is 19.2 Å². The number of fused-ring (bicyclic) bond motifs is 1. The van der Waals surface area contributed by atoms with Crippen LogP contribution in [-0.4, -0.2) is 44.7 Å². The fourth-order valence-electron chi connectivity index (χ4n) is 2.72. The monoisotopic (exact) mass is 296 g/mol. The molecule has 1 fully saturated rings. The number of alkyl halides is 2. The molecule has 0 saturated carbocycles. The van der Waals surface area contributed by atoms with Gasteiger partial charge in [-0.05, 0) is 12.0 Å². The number of anilines is 1. The van der Waals surface area contributed by atoms with Gasteiger partial charge < -0.3 is 10.0 Å². The smallest absolute Gasteiger partial charge is 0.341 e. The molecule has 3 rings (SSSR count). The van der Waals surface area contributed by atoms with E-state index in [4.69, 9.17) is 5.11 Å². The summed E-state index contributed by atoms with van der Waals surface area (Å²) in [5, 5.41) is 12.9. The third-order valence-corrected chi connectivity index (χ3v) is 3.51. The van der Waals surface area contributed by atoms with E-state index in [0.717, 1.165) is 0 Å². The van der Waals surface area contributed by atoms with Gasteiger partial charge >= 0.3 is 5.97 Å². The number of aromatic nitrogens is 3. The topological polar surface area (TPSA) is 70.7 Å². The Morgan fingerprint density at radius 2 is 2.29 bits per heavy atom. The lowest BCUT2D eigenvalue weighted by molar-refractivity contribution is -0.0265. The molecule has 2 aromatic rings. The second-order valence-electron chi connectivity index (χ2n) is 5.46. The summed E-state index contributed by atoms with van der Waals surface area (Å²) in [6.45, 7) is 1.83. The van der Waals surface area contributed by atoms with E-state index in [2.05, 4.69) is 10.1 Å². The lowest BCUT2D eigenvalue weighted by atomic mass is 9.97. The quantitative estimate of drug-likeness (QED) is 0.916. The maximum Gasteiger partial charge on any atom is 0.341 e. The highest BCUT2D eigenvalue weighted by Gasteiger charge is 2.39. The Morgan fingerprint density at radius 3 is 2.95 bits per heavy atom. The van der Waals surface area contributed by atoms with E-state index in [1.54, 1.807) is 13.0 Å². The van der Waals surface area contributed by atoms with E-state index in [-0.39, 0.29) is 23.5 Å². The van der Waals surface area contributed by atoms with Crippen LogP contribution < -0.4 is 4.90 Å². The molecule has 1 saturated heterocycles. The number of piperidine rings is 1. The summed E-state index contributed by atoms with van der Waals surface area (Å²) < 4.78 is 28.7. The number of halogens is 2. The summed E-state index contributed by atoms with van der Waals surface area (Å²) in [6, 6.07) is 1.57. The van der Waals surface area contributed by atoms with Crippen LogP contribution in [-0.2, 0) is 0 Å². The molecule has 1 N–H and O–H groups in total. The number of carboxylic acids is 1. The second-order valence-corrected chi connectivity index (χ2v) is 5.46. The van der Waals surface area contributed by atoms with Gasteiger partial charge in [-0.2, -0.15) is 5.10 Å². The van der Waals surface area contributed by atoms with Crippen molar-refractivity contribution in [3.05, 3.63) is 24.0 Å². The predicted octanol–water partition coefficient (Wildman–Crippen LogP) is 1.91. The number of hydrogen-bond acceptors (Lipinski definition) is 4. The Bertz CT molecular complexity index is 701. The summed E-state index contributed by atoms with van der Waals surface area (Å²) in [5.41, 5.74) is 0.107. The zero-order valence-electron chi connectivity index (χ0n) is 11.3. The van der Waals surface area contributed by atoms with Crippen LogP contribution in [0.15, 0.2) is 18.5 Å². The summed E-state index contributed by atoms with van der Waals surface area (Å²) in [7, 11) is 0. The lowest BCUT2D eigenvalue weighted by Gasteiger charge is -2.36. The van der Waals surface area contributed by atoms with Crippen LogP contribution >= 0.6 is 0 Å². The third kappa shape index (κ3) is 2.53. The number of hydrogen-bond donors (Lipinski definition) is 1. The standard InChI is InChI=1S/C13H14F2N4O2/c1-8-4-13(14,15)7-18(6-8)10-2-3-19-11(17-10)9(5-16-19)12(20)21/h2-3,5,8H,4,6-7H2,1H3,(H,20,21)/t8-/m1/s1. The van der Waals surface area contributed by atoms with Crippen molar-refractivity contribution < 1.29 is 18.7 Å². The molecular formula is C13H14F2N4O2. The van der Waals surface area contributed by atoms with Crippen molar-refractivity contribution in [2.24, 2.45) is 5.92 Å². The minimum Gasteiger partial charge on any atom is -0.477 e. The average Bonchev–Trinajstić information content (AvgIpc) is 2.78. The minimum absolute atomic E-state index is 0.0475. The molecule has 8 heteroatoms. The van der Waals surface area contributed by atoms with Gasteiger partial charge in [0.15, 0.2) is 5.65 Å². The van der Waals surface area contributed by atoms with E-state index >= 15 is 0 Å². The highest BCUT2D eigenvalue weighted by atomic mass is 19.3. The van der Waals surface area contributed by atoms with Gasteiger partial charge in [0.25, 0.3) is 5.92 Å². The van der Waals surface area contributed by atoms with E-state index < -0.39 is 18.4 Å². The Morgan fingerprint density at radius 1 is 1.52 bits per heavy atom. The minimum atomic E-state index is -2.76. The first-order valence-corrected chi connectivity index (χ1v) is 6.56. The first-order valence-electron chi connectivity index (χ1n) is 6.56. The van der Waals surface area contributed by atoms with Gasteiger partial charge in [0.1, 0.15) is 11.4 Å². The van der Waals surface area contributed by atoms with Crippen LogP contribution in [0.25, 0.3) is 5.65 Å². The molecule has 0 aliphatic carbocycles. The molecule has 0 unspecified atom stereocenters. The van der Waals surface area contributed by atoms with Crippen molar-refractivity contribution in [3.8, 4) is 0 Å². The summed E-state index contributed by atoms with van der Waals surface area (Å²) >= 11 is 0. The SMILES string of the molecule is C[C@H]1CN(c2ccn3ncc(C(=O)O)c3n2)CC(F)(F)C1. The number of carboxylic acid groups (broad SMARTS) is 1. The number of nitrogens with zero attached hydrogens (tertiary/aromatic N) is 4. The molecule has 0 aromatic carbocycles. The molecule has 2 aromatic heterocycles. The van der Waals surface area contributed by atoms with Gasteiger partial charge in [-0.3, -0.25) is 0 Å². The van der Waals surface area contributed by atoms with Crippen LogP contribution in [0.1, 0.15) is 23.7 Å². The maximum absolute atomic E-state index is 13.7. The van der Waals surface area contributed by atoms with Crippen LogP contribution in [0, 0.1) is 5.92 Å². The molecular weight excluding hydrogens is 282 g/mol. The first kappa shape index (κ1) is 13.7. The van der Waals surface area contributed by atoms with E-state index in [1.165, 1.54) is 21.8 Å². The summed E-state index contributed by atoms with van der Waals surface area (Å²) in [6.07, 6.45) is 2.59. The molecule has 112 valence electrons. The molecule has 1 aliphatic heterocycles. The fourth-order valence-corrected chi connectivity index (χ4v) is 2.72. The van der Waals surface area contributed by atoms with Crippen molar-refractivity contribution in [3.63, 3.8) is 0 Å². The summed E-state index contributed by atoms with van der Waals surface area (Å²) in [4.78, 5) is 16.8. The Labute approximate surface area is 119 Å². The van der Waals surface area contributed by atoms with Crippen molar-refractivity contribution in [1.82, 2.24) is 14.6 Å². The van der Waals surface area contributed by atoms with Crippen molar-refractivity contribution >= 4 is 17.4 Å². The zero-order chi connectivity index (χ0) is 15.2. The van der Waals surface area contributed by atoms with Crippen LogP contribution in [0.2, 0.25) is 0 Å². The van der Waals surface area contributed by atoms with Crippen LogP contribution in [0.4, 0.5) is 14.6 Å². The van der Waals surface area contributed by atoms with Crippen LogP contribution in [0.3, 0.4) is 0 Å². The Balaban J connectivity index is 2.00. The molecule has 0 amide bonds. The van der Waals surface area contributed by atoms with Gasteiger partial charge in [-0.1, -0.05) is 6.92 Å². The molecule has 1 aliphatic rings. The van der Waals surface area contributed by atoms with Crippen molar-refractivity contribution in [1.29, 1.82) is 0 Å². The van der Waals surface area contributed by atoms with E-state index in [1.807, 2.05) is 0 Å². The summed E-state index contributed by atoms with van der Waals surface area (Å²) in [5.74, 6) is -3.72. The van der Waals surface area contributed by atoms with Gasteiger partial charge in [0.2, 0.25) is 0 Å². The lowest BCUT2D eigenvalue weighted by Crippen LogP contribution is -2.46. The fraction of sp³-hybridized carbons (Fsp3) is 0.462. The maximum atomic E-state index is 13.7. The van der Waals surface area contributed by atoms with Crippen molar-refractivity contribution in [2.75, 3.05) is 18.0 Å². The predicted molar refractivity (Wildman–Crippen MR) is 70.9 cm³/mol. The number of rotatable bonds is 2. The normalized spacial score (nSPS) is 21.7. The molecule has 0 spiro atoms. The molecule has 0 bridgehead atoms. The number of carbonyl (C=O) groups is 1. The molecule has 3 heterocycles. The average molecular weight is 296 g/mol. The zero-order valence-corrected chi connectivity index (χ0v) is 11.3. The molecule has 1 atom stereocenters.